The van der Waals surface area contributed by atoms with Crippen molar-refractivity contribution < 1.29 is 10.2 Å². The molecule has 72 valence electrons. The predicted octanol–water partition coefficient (Wildman–Crippen LogP) is 1.89. The summed E-state index contributed by atoms with van der Waals surface area (Å²) in [4.78, 5) is 0. The highest BCUT2D eigenvalue weighted by molar-refractivity contribution is 6.35. The van der Waals surface area contributed by atoms with Gasteiger partial charge in [-0.1, -0.05) is 29.3 Å². The normalized spacial score (nSPS) is 12.9. The van der Waals surface area contributed by atoms with Crippen LogP contribution in [0.25, 0.3) is 0 Å². The monoisotopic (exact) mass is 220 g/mol. The molecule has 1 atom stereocenters. The Bertz CT molecular complexity index is 289. The molecule has 4 heteroatoms. The van der Waals surface area contributed by atoms with Crippen LogP contribution in [-0.2, 0) is 6.42 Å². The van der Waals surface area contributed by atoms with Crippen molar-refractivity contribution in [1.82, 2.24) is 0 Å². The van der Waals surface area contributed by atoms with E-state index in [1.165, 1.54) is 0 Å². The van der Waals surface area contributed by atoms with E-state index in [-0.39, 0.29) is 6.61 Å². The van der Waals surface area contributed by atoms with Gasteiger partial charge in [0.1, 0.15) is 0 Å². The summed E-state index contributed by atoms with van der Waals surface area (Å²) >= 11 is 11.5. The fraction of sp³-hybridized carbons (Fsp3) is 0.333. The lowest BCUT2D eigenvalue weighted by Gasteiger charge is -2.08. The van der Waals surface area contributed by atoms with Crippen molar-refractivity contribution in [3.05, 3.63) is 33.8 Å². The maximum Gasteiger partial charge on any atom is 0.0811 e. The Morgan fingerprint density at radius 3 is 2.54 bits per heavy atom. The van der Waals surface area contributed by atoms with E-state index >= 15 is 0 Å². The summed E-state index contributed by atoms with van der Waals surface area (Å²) in [6.07, 6.45) is -0.425. The number of aliphatic hydroxyl groups excluding tert-OH is 2. The number of aliphatic hydroxyl groups is 2. The highest BCUT2D eigenvalue weighted by Gasteiger charge is 2.07. The van der Waals surface area contributed by atoms with Crippen molar-refractivity contribution in [1.29, 1.82) is 0 Å². The summed E-state index contributed by atoms with van der Waals surface area (Å²) in [5.74, 6) is 0. The largest absolute Gasteiger partial charge is 0.394 e. The molecule has 13 heavy (non-hydrogen) atoms. The third-order valence-corrected chi connectivity index (χ3v) is 2.27. The second kappa shape index (κ2) is 4.82. The van der Waals surface area contributed by atoms with E-state index in [1.54, 1.807) is 18.2 Å². The van der Waals surface area contributed by atoms with Crippen LogP contribution in [-0.4, -0.2) is 22.9 Å². The van der Waals surface area contributed by atoms with Crippen LogP contribution in [0.1, 0.15) is 5.56 Å². The molecule has 0 saturated heterocycles. The van der Waals surface area contributed by atoms with Crippen molar-refractivity contribution in [2.45, 2.75) is 12.5 Å². The summed E-state index contributed by atoms with van der Waals surface area (Å²) in [5.41, 5.74) is 0.785. The quantitative estimate of drug-likeness (QED) is 0.818. The SMILES string of the molecule is OC[C@@H](O)Cc1ccc(Cl)cc1Cl. The standard InChI is InChI=1S/C9H10Cl2O2/c10-7-2-1-6(9(11)4-7)3-8(13)5-12/h1-2,4,8,12-13H,3,5H2/t8-/m0/s1. The molecule has 1 aromatic carbocycles. The Labute approximate surface area is 86.7 Å². The topological polar surface area (TPSA) is 40.5 Å². The smallest absolute Gasteiger partial charge is 0.0811 e. The third kappa shape index (κ3) is 3.16. The molecule has 0 aliphatic heterocycles. The van der Waals surface area contributed by atoms with Crippen LogP contribution >= 0.6 is 23.2 Å². The van der Waals surface area contributed by atoms with Gasteiger partial charge < -0.3 is 10.2 Å². The Balaban J connectivity index is 2.77. The van der Waals surface area contributed by atoms with Crippen LogP contribution in [0.15, 0.2) is 18.2 Å². The Morgan fingerprint density at radius 2 is 2.00 bits per heavy atom. The van der Waals surface area contributed by atoms with Crippen LogP contribution in [0.2, 0.25) is 10.0 Å². The number of halogens is 2. The number of benzene rings is 1. The van der Waals surface area contributed by atoms with Gasteiger partial charge in [-0.2, -0.15) is 0 Å². The average Bonchev–Trinajstić information content (AvgIpc) is 2.09. The van der Waals surface area contributed by atoms with Crippen molar-refractivity contribution >= 4 is 23.2 Å². The summed E-state index contributed by atoms with van der Waals surface area (Å²) < 4.78 is 0. The Morgan fingerprint density at radius 1 is 1.31 bits per heavy atom. The molecule has 0 spiro atoms. The number of hydrogen-bond acceptors (Lipinski definition) is 2. The second-order valence-corrected chi connectivity index (χ2v) is 3.62. The fourth-order valence-electron chi connectivity index (χ4n) is 1.01. The lowest BCUT2D eigenvalue weighted by molar-refractivity contribution is 0.0955. The molecule has 1 rings (SSSR count). The average molecular weight is 221 g/mol. The van der Waals surface area contributed by atoms with Gasteiger partial charge in [0.15, 0.2) is 0 Å². The van der Waals surface area contributed by atoms with E-state index in [0.717, 1.165) is 5.56 Å². The number of hydrogen-bond donors (Lipinski definition) is 2. The van der Waals surface area contributed by atoms with E-state index in [0.29, 0.717) is 16.5 Å². The molecule has 2 nitrogen and oxygen atoms in total. The van der Waals surface area contributed by atoms with Crippen molar-refractivity contribution in [3.8, 4) is 0 Å². The molecule has 0 heterocycles. The summed E-state index contributed by atoms with van der Waals surface area (Å²) in [6.45, 7) is -0.265. The summed E-state index contributed by atoms with van der Waals surface area (Å²) in [5, 5.41) is 18.9. The first-order valence-corrected chi connectivity index (χ1v) is 4.62. The van der Waals surface area contributed by atoms with Gasteiger partial charge >= 0.3 is 0 Å². The zero-order valence-corrected chi connectivity index (χ0v) is 8.39. The lowest BCUT2D eigenvalue weighted by atomic mass is 10.1. The molecule has 0 fully saturated rings. The molecular formula is C9H10Cl2O2. The van der Waals surface area contributed by atoms with Crippen molar-refractivity contribution in [2.24, 2.45) is 0 Å². The van der Waals surface area contributed by atoms with E-state index < -0.39 is 6.10 Å². The highest BCUT2D eigenvalue weighted by atomic mass is 35.5. The van der Waals surface area contributed by atoms with E-state index in [9.17, 15) is 0 Å². The van der Waals surface area contributed by atoms with Gasteiger partial charge in [0.25, 0.3) is 0 Å². The van der Waals surface area contributed by atoms with Crippen LogP contribution in [0.4, 0.5) is 0 Å². The third-order valence-electron chi connectivity index (χ3n) is 1.68. The molecule has 0 bridgehead atoms. The highest BCUT2D eigenvalue weighted by Crippen LogP contribution is 2.21. The molecule has 0 saturated carbocycles. The molecule has 0 aliphatic carbocycles. The molecule has 2 N–H and O–H groups in total. The maximum absolute atomic E-state index is 9.16. The van der Waals surface area contributed by atoms with E-state index in [1.807, 2.05) is 0 Å². The van der Waals surface area contributed by atoms with Gasteiger partial charge in [-0.3, -0.25) is 0 Å². The first-order chi connectivity index (χ1) is 6.13. The van der Waals surface area contributed by atoms with Crippen LogP contribution in [0, 0.1) is 0 Å². The second-order valence-electron chi connectivity index (χ2n) is 2.78. The molecule has 0 unspecified atom stereocenters. The Kier molecular flexibility index (Phi) is 4.00. The van der Waals surface area contributed by atoms with Gasteiger partial charge in [-0.05, 0) is 17.7 Å². The van der Waals surface area contributed by atoms with Crippen molar-refractivity contribution in [2.75, 3.05) is 6.61 Å². The van der Waals surface area contributed by atoms with E-state index in [4.69, 9.17) is 33.4 Å². The Hall–Kier alpha value is -0.280. The van der Waals surface area contributed by atoms with Gasteiger partial charge in [0, 0.05) is 16.5 Å². The molecule has 1 aromatic rings. The van der Waals surface area contributed by atoms with Crippen LogP contribution in [0.3, 0.4) is 0 Å². The van der Waals surface area contributed by atoms with Crippen LogP contribution < -0.4 is 0 Å². The fourth-order valence-corrected chi connectivity index (χ4v) is 1.49. The maximum atomic E-state index is 9.16. The molecule has 0 radical (unpaired) electrons. The molecule has 0 aliphatic rings. The van der Waals surface area contributed by atoms with Gasteiger partial charge in [0.2, 0.25) is 0 Å². The molecule has 0 amide bonds. The lowest BCUT2D eigenvalue weighted by Crippen LogP contribution is -2.15. The van der Waals surface area contributed by atoms with Crippen molar-refractivity contribution in [3.63, 3.8) is 0 Å². The minimum Gasteiger partial charge on any atom is -0.394 e. The minimum atomic E-state index is -0.765. The summed E-state index contributed by atoms with van der Waals surface area (Å²) in [7, 11) is 0. The van der Waals surface area contributed by atoms with E-state index in [2.05, 4.69) is 0 Å². The van der Waals surface area contributed by atoms with Crippen LogP contribution in [0.5, 0.6) is 0 Å². The summed E-state index contributed by atoms with van der Waals surface area (Å²) in [6, 6.07) is 5.05. The van der Waals surface area contributed by atoms with Gasteiger partial charge in [0.05, 0.1) is 12.7 Å². The van der Waals surface area contributed by atoms with Gasteiger partial charge in [-0.15, -0.1) is 0 Å². The minimum absolute atomic E-state index is 0.265. The van der Waals surface area contributed by atoms with Gasteiger partial charge in [-0.25, -0.2) is 0 Å². The first-order valence-electron chi connectivity index (χ1n) is 3.86. The zero-order valence-electron chi connectivity index (χ0n) is 6.87. The number of rotatable bonds is 3. The molecular weight excluding hydrogens is 211 g/mol. The first kappa shape index (κ1) is 10.8. The molecule has 0 aromatic heterocycles. The zero-order chi connectivity index (χ0) is 9.84. The predicted molar refractivity (Wildman–Crippen MR) is 53.3 cm³/mol.